The first-order valence-corrected chi connectivity index (χ1v) is 5.20. The Morgan fingerprint density at radius 3 is 2.94 bits per heavy atom. The summed E-state index contributed by atoms with van der Waals surface area (Å²) in [4.78, 5) is 14.4. The number of fused-ring (bicyclic) bond motifs is 1. The highest BCUT2D eigenvalue weighted by atomic mass is 16.5. The third-order valence-corrected chi connectivity index (χ3v) is 2.86. The van der Waals surface area contributed by atoms with E-state index in [1.54, 1.807) is 6.92 Å². The van der Waals surface area contributed by atoms with Crippen LogP contribution in [-0.4, -0.2) is 11.0 Å². The molecule has 1 aliphatic rings. The van der Waals surface area contributed by atoms with Gasteiger partial charge in [-0.1, -0.05) is 6.07 Å². The van der Waals surface area contributed by atoms with Crippen LogP contribution in [0.2, 0.25) is 0 Å². The number of carbonyl (C=O) groups excluding carboxylic acids is 1. The molecule has 0 saturated carbocycles. The summed E-state index contributed by atoms with van der Waals surface area (Å²) in [5, 5.41) is 1.13. The lowest BCUT2D eigenvalue weighted by Crippen LogP contribution is -2.00. The van der Waals surface area contributed by atoms with Gasteiger partial charge in [-0.3, -0.25) is 0 Å². The van der Waals surface area contributed by atoms with Crippen LogP contribution in [0.25, 0.3) is 10.9 Å². The van der Waals surface area contributed by atoms with Gasteiger partial charge in [-0.25, -0.2) is 4.79 Å². The molecule has 2 heterocycles. The second-order valence-electron chi connectivity index (χ2n) is 4.00. The lowest BCUT2D eigenvalue weighted by Gasteiger charge is -2.08. The molecule has 1 aromatic heterocycles. The van der Waals surface area contributed by atoms with E-state index in [2.05, 4.69) is 4.98 Å². The lowest BCUT2D eigenvalue weighted by molar-refractivity contribution is -0.139. The number of nitrogens with one attached hydrogen (secondary N) is 1. The van der Waals surface area contributed by atoms with Gasteiger partial charge in [0.25, 0.3) is 0 Å². The number of rotatable bonds is 1. The third kappa shape index (κ3) is 1.33. The number of aromatic nitrogens is 1. The number of aromatic amines is 1. The van der Waals surface area contributed by atoms with Crippen LogP contribution in [0.5, 0.6) is 0 Å². The lowest BCUT2D eigenvalue weighted by atomic mass is 10.1. The molecule has 2 aromatic rings. The number of benzene rings is 1. The quantitative estimate of drug-likeness (QED) is 0.740. The number of cyclic esters (lactones) is 1. The molecule has 0 saturated heterocycles. The van der Waals surface area contributed by atoms with Crippen LogP contribution in [-0.2, 0) is 9.53 Å². The Bertz CT molecular complexity index is 595. The van der Waals surface area contributed by atoms with E-state index in [-0.39, 0.29) is 12.1 Å². The van der Waals surface area contributed by atoms with Crippen molar-refractivity contribution in [2.75, 3.05) is 0 Å². The minimum Gasteiger partial charge on any atom is -0.450 e. The second-order valence-corrected chi connectivity index (χ2v) is 4.00. The van der Waals surface area contributed by atoms with Crippen molar-refractivity contribution in [2.24, 2.45) is 0 Å². The van der Waals surface area contributed by atoms with Crippen molar-refractivity contribution in [1.82, 2.24) is 4.98 Å². The van der Waals surface area contributed by atoms with Crippen LogP contribution in [0, 0.1) is 0 Å². The highest BCUT2D eigenvalue weighted by molar-refractivity contribution is 5.90. The van der Waals surface area contributed by atoms with Gasteiger partial charge in [-0.05, 0) is 42.1 Å². The van der Waals surface area contributed by atoms with Crippen molar-refractivity contribution in [3.8, 4) is 0 Å². The fraction of sp³-hybridized carbons (Fsp3) is 0.154. The Balaban J connectivity index is 2.03. The molecule has 0 aliphatic carbocycles. The number of hydrogen-bond donors (Lipinski definition) is 1. The Kier molecular flexibility index (Phi) is 1.86. The summed E-state index contributed by atoms with van der Waals surface area (Å²) >= 11 is 0. The van der Waals surface area contributed by atoms with Gasteiger partial charge < -0.3 is 9.72 Å². The van der Waals surface area contributed by atoms with Gasteiger partial charge in [0, 0.05) is 17.3 Å². The second kappa shape index (κ2) is 3.23. The van der Waals surface area contributed by atoms with E-state index < -0.39 is 0 Å². The van der Waals surface area contributed by atoms with Gasteiger partial charge in [-0.2, -0.15) is 0 Å². The van der Waals surface area contributed by atoms with Gasteiger partial charge in [0.05, 0.1) is 0 Å². The van der Waals surface area contributed by atoms with Gasteiger partial charge in [0.1, 0.15) is 6.10 Å². The summed E-state index contributed by atoms with van der Waals surface area (Å²) in [7, 11) is 0. The predicted molar refractivity (Wildman–Crippen MR) is 60.9 cm³/mol. The number of ether oxygens (including phenoxy) is 1. The summed E-state index contributed by atoms with van der Waals surface area (Å²) in [5.41, 5.74) is 2.78. The molecule has 1 unspecified atom stereocenters. The average Bonchev–Trinajstić information content (AvgIpc) is 2.85. The molecular weight excluding hydrogens is 202 g/mol. The van der Waals surface area contributed by atoms with E-state index in [9.17, 15) is 4.79 Å². The predicted octanol–water partition coefficient (Wildman–Crippen LogP) is 2.71. The molecule has 80 valence electrons. The molecule has 16 heavy (non-hydrogen) atoms. The highest BCUT2D eigenvalue weighted by Gasteiger charge is 2.23. The number of esters is 1. The first-order valence-electron chi connectivity index (χ1n) is 5.20. The van der Waals surface area contributed by atoms with Crippen molar-refractivity contribution in [1.29, 1.82) is 0 Å². The highest BCUT2D eigenvalue weighted by Crippen LogP contribution is 2.29. The molecule has 3 nitrogen and oxygen atoms in total. The zero-order valence-corrected chi connectivity index (χ0v) is 8.86. The fourth-order valence-electron chi connectivity index (χ4n) is 1.95. The molecule has 3 rings (SSSR count). The van der Waals surface area contributed by atoms with Gasteiger partial charge in [-0.15, -0.1) is 0 Å². The average molecular weight is 213 g/mol. The topological polar surface area (TPSA) is 42.1 Å². The monoisotopic (exact) mass is 213 g/mol. The maximum Gasteiger partial charge on any atom is 0.334 e. The normalized spacial score (nSPS) is 19.9. The Labute approximate surface area is 92.7 Å². The smallest absolute Gasteiger partial charge is 0.334 e. The van der Waals surface area contributed by atoms with Gasteiger partial charge in [0.15, 0.2) is 0 Å². The van der Waals surface area contributed by atoms with E-state index in [4.69, 9.17) is 4.74 Å². The zero-order chi connectivity index (χ0) is 11.1. The summed E-state index contributed by atoms with van der Waals surface area (Å²) < 4.78 is 5.24. The van der Waals surface area contributed by atoms with E-state index in [0.717, 1.165) is 16.5 Å². The third-order valence-electron chi connectivity index (χ3n) is 2.86. The molecule has 0 radical (unpaired) electrons. The van der Waals surface area contributed by atoms with Crippen LogP contribution in [0.3, 0.4) is 0 Å². The molecule has 1 aliphatic heterocycles. The number of carbonyl (C=O) groups is 1. The molecule has 0 fully saturated rings. The Morgan fingerprint density at radius 2 is 2.19 bits per heavy atom. The van der Waals surface area contributed by atoms with Crippen molar-refractivity contribution >= 4 is 16.9 Å². The standard InChI is InChI=1S/C13H11NO2/c1-8-6-12(16-13(8)15)10-2-3-11-9(7-10)4-5-14-11/h2-7,12,14H,1H3. The largest absolute Gasteiger partial charge is 0.450 e. The van der Waals surface area contributed by atoms with Crippen LogP contribution in [0.1, 0.15) is 18.6 Å². The summed E-state index contributed by atoms with van der Waals surface area (Å²) in [6.07, 6.45) is 3.53. The number of H-pyrrole nitrogens is 1. The minimum absolute atomic E-state index is 0.223. The molecular formula is C13H11NO2. The Morgan fingerprint density at radius 1 is 1.31 bits per heavy atom. The van der Waals surface area contributed by atoms with Gasteiger partial charge >= 0.3 is 5.97 Å². The zero-order valence-electron chi connectivity index (χ0n) is 8.86. The van der Waals surface area contributed by atoms with E-state index in [0.29, 0.717) is 5.57 Å². The summed E-state index contributed by atoms with van der Waals surface area (Å²) in [6.45, 7) is 1.77. The van der Waals surface area contributed by atoms with E-state index in [1.165, 1.54) is 0 Å². The Hall–Kier alpha value is -2.03. The van der Waals surface area contributed by atoms with Gasteiger partial charge in [0.2, 0.25) is 0 Å². The van der Waals surface area contributed by atoms with Crippen molar-refractivity contribution < 1.29 is 9.53 Å². The molecule has 0 amide bonds. The minimum atomic E-state index is -0.230. The molecule has 1 N–H and O–H groups in total. The molecule has 1 aromatic carbocycles. The molecule has 0 spiro atoms. The van der Waals surface area contributed by atoms with Crippen LogP contribution in [0.15, 0.2) is 42.1 Å². The van der Waals surface area contributed by atoms with Crippen molar-refractivity contribution in [2.45, 2.75) is 13.0 Å². The first kappa shape index (κ1) is 9.21. The maximum atomic E-state index is 11.3. The molecule has 1 atom stereocenters. The first-order chi connectivity index (χ1) is 7.74. The summed E-state index contributed by atoms with van der Waals surface area (Å²) in [6, 6.07) is 8.02. The van der Waals surface area contributed by atoms with Crippen LogP contribution < -0.4 is 0 Å². The summed E-state index contributed by atoms with van der Waals surface area (Å²) in [5.74, 6) is -0.223. The van der Waals surface area contributed by atoms with E-state index >= 15 is 0 Å². The maximum absolute atomic E-state index is 11.3. The van der Waals surface area contributed by atoms with Crippen molar-refractivity contribution in [3.05, 3.63) is 47.7 Å². The molecule has 3 heteroatoms. The van der Waals surface area contributed by atoms with Crippen LogP contribution in [0.4, 0.5) is 0 Å². The SMILES string of the molecule is CC1=CC(c2ccc3[nH]ccc3c2)OC1=O. The van der Waals surface area contributed by atoms with Crippen LogP contribution >= 0.6 is 0 Å². The van der Waals surface area contributed by atoms with E-state index in [1.807, 2.05) is 36.5 Å². The molecule has 0 bridgehead atoms. The fourth-order valence-corrected chi connectivity index (χ4v) is 1.95. The van der Waals surface area contributed by atoms with Crippen molar-refractivity contribution in [3.63, 3.8) is 0 Å². The number of hydrogen-bond acceptors (Lipinski definition) is 2.